The Morgan fingerprint density at radius 3 is 1.22 bits per heavy atom. The minimum atomic E-state index is -1.20. The summed E-state index contributed by atoms with van der Waals surface area (Å²) in [6.45, 7) is 6.03. The number of carboxylic acids is 1. The number of carboxylic acid groups (broad SMARTS) is 1. The summed E-state index contributed by atoms with van der Waals surface area (Å²) in [5.41, 5.74) is -1.02. The predicted molar refractivity (Wildman–Crippen MR) is 153 cm³/mol. The highest BCUT2D eigenvalue weighted by atomic mass is 16.6. The molecule has 0 saturated carbocycles. The SMILES string of the molecule is C=C(C)C(=O)O.CCC(COC(=O)C1CCCCOC1=O)(COC(=O)C1CCCCOC1=O)COC(=O)C1CCCCOC1=O. The van der Waals surface area contributed by atoms with E-state index in [1.165, 1.54) is 6.92 Å². The maximum absolute atomic E-state index is 12.8. The van der Waals surface area contributed by atoms with E-state index in [-0.39, 0.29) is 70.9 Å². The van der Waals surface area contributed by atoms with Gasteiger partial charge in [0.15, 0.2) is 17.8 Å². The first-order chi connectivity index (χ1) is 21.4. The van der Waals surface area contributed by atoms with E-state index >= 15 is 0 Å². The highest BCUT2D eigenvalue weighted by molar-refractivity contribution is 5.96. The van der Waals surface area contributed by atoms with Crippen LogP contribution in [0.15, 0.2) is 12.2 Å². The fourth-order valence-corrected chi connectivity index (χ4v) is 4.57. The van der Waals surface area contributed by atoms with Crippen molar-refractivity contribution in [2.45, 2.75) is 78.1 Å². The second-order valence-electron chi connectivity index (χ2n) is 11.4. The van der Waals surface area contributed by atoms with Crippen molar-refractivity contribution < 1.29 is 67.1 Å². The summed E-state index contributed by atoms with van der Waals surface area (Å²) in [4.78, 5) is 84.6. The van der Waals surface area contributed by atoms with Crippen molar-refractivity contribution in [3.8, 4) is 0 Å². The quantitative estimate of drug-likeness (QED) is 0.150. The molecule has 3 aliphatic rings. The summed E-state index contributed by atoms with van der Waals surface area (Å²) in [5.74, 6) is -8.47. The zero-order chi connectivity index (χ0) is 33.4. The van der Waals surface area contributed by atoms with Gasteiger partial charge in [-0.1, -0.05) is 13.5 Å². The molecule has 3 saturated heterocycles. The number of rotatable bonds is 11. The van der Waals surface area contributed by atoms with Crippen LogP contribution in [-0.2, 0) is 62.0 Å². The van der Waals surface area contributed by atoms with Gasteiger partial charge in [-0.15, -0.1) is 0 Å². The number of ether oxygens (including phenoxy) is 6. The van der Waals surface area contributed by atoms with Crippen LogP contribution in [0.4, 0.5) is 0 Å². The molecular weight excluding hydrogens is 596 g/mol. The van der Waals surface area contributed by atoms with Crippen LogP contribution in [0.5, 0.6) is 0 Å². The van der Waals surface area contributed by atoms with Gasteiger partial charge in [-0.3, -0.25) is 28.8 Å². The second kappa shape index (κ2) is 18.7. The van der Waals surface area contributed by atoms with Crippen LogP contribution in [0.3, 0.4) is 0 Å². The lowest BCUT2D eigenvalue weighted by molar-refractivity contribution is -0.172. The lowest BCUT2D eigenvalue weighted by atomic mass is 9.87. The molecule has 3 fully saturated rings. The zero-order valence-corrected chi connectivity index (χ0v) is 26.0. The van der Waals surface area contributed by atoms with E-state index in [1.807, 2.05) is 0 Å². The van der Waals surface area contributed by atoms with Crippen LogP contribution >= 0.6 is 0 Å². The van der Waals surface area contributed by atoms with Gasteiger partial charge in [-0.2, -0.15) is 0 Å². The minimum absolute atomic E-state index is 0.176. The van der Waals surface area contributed by atoms with E-state index < -0.39 is 65.0 Å². The van der Waals surface area contributed by atoms with E-state index in [9.17, 15) is 33.6 Å². The van der Waals surface area contributed by atoms with Gasteiger partial charge in [0.1, 0.15) is 19.8 Å². The van der Waals surface area contributed by atoms with E-state index in [0.717, 1.165) is 0 Å². The molecule has 14 heteroatoms. The first kappa shape index (κ1) is 37.2. The summed E-state index contributed by atoms with van der Waals surface area (Å²) in [6.07, 6.45) is 4.89. The number of hydrogen-bond donors (Lipinski definition) is 1. The Labute approximate surface area is 262 Å². The molecule has 0 aromatic rings. The Morgan fingerprint density at radius 1 is 0.689 bits per heavy atom. The van der Waals surface area contributed by atoms with E-state index in [4.69, 9.17) is 33.5 Å². The largest absolute Gasteiger partial charge is 0.478 e. The van der Waals surface area contributed by atoms with E-state index in [2.05, 4.69) is 6.58 Å². The first-order valence-corrected chi connectivity index (χ1v) is 15.3. The Bertz CT molecular complexity index is 972. The number of carbonyl (C=O) groups excluding carboxylic acids is 6. The molecule has 0 amide bonds. The van der Waals surface area contributed by atoms with Crippen LogP contribution < -0.4 is 0 Å². The van der Waals surface area contributed by atoms with Gasteiger partial charge in [0, 0.05) is 5.57 Å². The number of hydrogen-bond acceptors (Lipinski definition) is 13. The molecule has 3 atom stereocenters. The average Bonchev–Trinajstić information content (AvgIpc) is 3.47. The summed E-state index contributed by atoms with van der Waals surface area (Å²) in [5, 5.41) is 7.89. The van der Waals surface area contributed by atoms with Crippen LogP contribution in [0.1, 0.15) is 78.1 Å². The summed E-state index contributed by atoms with van der Waals surface area (Å²) >= 11 is 0. The molecule has 3 heterocycles. The molecule has 0 aliphatic carbocycles. The van der Waals surface area contributed by atoms with Gasteiger partial charge in [-0.05, 0) is 71.1 Å². The summed E-state index contributed by atoms with van der Waals surface area (Å²) < 4.78 is 31.7. The summed E-state index contributed by atoms with van der Waals surface area (Å²) in [7, 11) is 0. The third-order valence-electron chi connectivity index (χ3n) is 7.78. The van der Waals surface area contributed by atoms with Gasteiger partial charge in [0.25, 0.3) is 0 Å². The van der Waals surface area contributed by atoms with Crippen molar-refractivity contribution in [3.05, 3.63) is 12.2 Å². The minimum Gasteiger partial charge on any atom is -0.478 e. The van der Waals surface area contributed by atoms with Crippen molar-refractivity contribution in [2.24, 2.45) is 23.2 Å². The highest BCUT2D eigenvalue weighted by Gasteiger charge is 2.40. The number of esters is 6. The molecule has 1 N–H and O–H groups in total. The van der Waals surface area contributed by atoms with Crippen LogP contribution in [0, 0.1) is 23.2 Å². The van der Waals surface area contributed by atoms with Crippen LogP contribution in [-0.4, -0.2) is 86.5 Å². The smallest absolute Gasteiger partial charge is 0.330 e. The Kier molecular flexibility index (Phi) is 15.5. The zero-order valence-electron chi connectivity index (χ0n) is 26.0. The van der Waals surface area contributed by atoms with Gasteiger partial charge < -0.3 is 33.5 Å². The molecule has 3 aliphatic heterocycles. The Hall–Kier alpha value is -3.97. The standard InChI is InChI=1S/C27H38O12.C4H6O2/c1-2-27(15-37-24(31)18-9-3-6-12-34-21(18)28,16-38-25(32)19-10-4-7-13-35-22(19)29)17-39-26(33)20-11-5-8-14-36-23(20)30;1-3(2)4(5)6/h18-20H,2-17H2,1H3;1H2,2H3,(H,5,6). The first-order valence-electron chi connectivity index (χ1n) is 15.3. The van der Waals surface area contributed by atoms with Crippen molar-refractivity contribution in [1.29, 1.82) is 0 Å². The fourth-order valence-electron chi connectivity index (χ4n) is 4.57. The molecule has 0 radical (unpaired) electrons. The Balaban J connectivity index is 0.00000107. The van der Waals surface area contributed by atoms with Crippen molar-refractivity contribution in [3.63, 3.8) is 0 Å². The number of aliphatic carboxylic acids is 1. The van der Waals surface area contributed by atoms with Crippen molar-refractivity contribution in [2.75, 3.05) is 39.6 Å². The fraction of sp³-hybridized carbons (Fsp3) is 0.710. The molecule has 0 aromatic heterocycles. The number of cyclic esters (lactones) is 3. The molecule has 14 nitrogen and oxygen atoms in total. The van der Waals surface area contributed by atoms with Gasteiger partial charge >= 0.3 is 41.8 Å². The predicted octanol–water partition coefficient (Wildman–Crippen LogP) is 2.69. The second-order valence-corrected chi connectivity index (χ2v) is 11.4. The molecule has 3 unspecified atom stereocenters. The van der Waals surface area contributed by atoms with E-state index in [1.54, 1.807) is 6.92 Å². The molecule has 252 valence electrons. The molecule has 0 bridgehead atoms. The Morgan fingerprint density at radius 2 is 0.978 bits per heavy atom. The normalized spacial score (nSPS) is 23.3. The molecule has 0 spiro atoms. The molecule has 0 aromatic carbocycles. The molecular formula is C31H44O14. The molecule has 3 rings (SSSR count). The lowest BCUT2D eigenvalue weighted by Gasteiger charge is -2.32. The highest BCUT2D eigenvalue weighted by Crippen LogP contribution is 2.28. The maximum Gasteiger partial charge on any atom is 0.330 e. The lowest BCUT2D eigenvalue weighted by Crippen LogP contribution is -2.42. The van der Waals surface area contributed by atoms with Gasteiger partial charge in [0.2, 0.25) is 0 Å². The topological polar surface area (TPSA) is 195 Å². The maximum atomic E-state index is 12.8. The van der Waals surface area contributed by atoms with Crippen molar-refractivity contribution in [1.82, 2.24) is 0 Å². The molecule has 45 heavy (non-hydrogen) atoms. The third-order valence-corrected chi connectivity index (χ3v) is 7.78. The monoisotopic (exact) mass is 640 g/mol. The summed E-state index contributed by atoms with van der Waals surface area (Å²) in [6, 6.07) is 0. The van der Waals surface area contributed by atoms with Crippen LogP contribution in [0.2, 0.25) is 0 Å². The average molecular weight is 641 g/mol. The van der Waals surface area contributed by atoms with E-state index in [0.29, 0.717) is 38.5 Å². The third kappa shape index (κ3) is 12.1. The van der Waals surface area contributed by atoms with Crippen molar-refractivity contribution >= 4 is 41.8 Å². The van der Waals surface area contributed by atoms with Crippen LogP contribution in [0.25, 0.3) is 0 Å². The van der Waals surface area contributed by atoms with Gasteiger partial charge in [-0.25, -0.2) is 4.79 Å². The van der Waals surface area contributed by atoms with Gasteiger partial charge in [0.05, 0.1) is 25.2 Å². The number of carbonyl (C=O) groups is 7.